The van der Waals surface area contributed by atoms with Crippen LogP contribution in [0.2, 0.25) is 0 Å². The lowest BCUT2D eigenvalue weighted by Gasteiger charge is -2.34. The molecule has 1 fully saturated rings. The molecule has 5 heteroatoms. The van der Waals surface area contributed by atoms with Crippen LogP contribution in [0.1, 0.15) is 29.0 Å². The van der Waals surface area contributed by atoms with Crippen LogP contribution in [0.15, 0.2) is 60.8 Å². The molecule has 1 aromatic heterocycles. The first-order valence-electron chi connectivity index (χ1n) is 9.80. The summed E-state index contributed by atoms with van der Waals surface area (Å²) in [4.78, 5) is 21.8. The zero-order valence-electron chi connectivity index (χ0n) is 16.4. The van der Waals surface area contributed by atoms with Crippen LogP contribution in [-0.2, 0) is 0 Å². The van der Waals surface area contributed by atoms with Gasteiger partial charge in [0.15, 0.2) is 0 Å². The molecule has 0 radical (unpaired) electrons. The number of carbonyl (C=O) groups excluding carboxylic acids is 1. The SMILES string of the molecule is C[C@@H](NC(=O)c1cc(N2CCN(C)CC2)ccn1)c1cccc2ccccc12. The molecule has 1 aliphatic rings. The fraction of sp³-hybridized carbons (Fsp3) is 0.304. The van der Waals surface area contributed by atoms with E-state index < -0.39 is 0 Å². The maximum Gasteiger partial charge on any atom is 0.270 e. The number of aromatic nitrogens is 1. The Labute approximate surface area is 166 Å². The minimum absolute atomic E-state index is 0.104. The lowest BCUT2D eigenvalue weighted by molar-refractivity contribution is 0.0935. The second-order valence-electron chi connectivity index (χ2n) is 7.45. The van der Waals surface area contributed by atoms with Crippen molar-refractivity contribution in [3.05, 3.63) is 72.1 Å². The summed E-state index contributed by atoms with van der Waals surface area (Å²) in [5, 5.41) is 5.45. The molecular formula is C23H26N4O. The summed E-state index contributed by atoms with van der Waals surface area (Å²) in [6, 6.07) is 18.2. The largest absolute Gasteiger partial charge is 0.369 e. The highest BCUT2D eigenvalue weighted by Crippen LogP contribution is 2.24. The van der Waals surface area contributed by atoms with Crippen molar-refractivity contribution < 1.29 is 4.79 Å². The number of amides is 1. The Morgan fingerprint density at radius 3 is 2.61 bits per heavy atom. The van der Waals surface area contributed by atoms with E-state index in [4.69, 9.17) is 0 Å². The van der Waals surface area contributed by atoms with Gasteiger partial charge in [0, 0.05) is 38.1 Å². The van der Waals surface area contributed by atoms with Gasteiger partial charge >= 0.3 is 0 Å². The fourth-order valence-electron chi connectivity index (χ4n) is 3.78. The van der Waals surface area contributed by atoms with Crippen LogP contribution in [0.25, 0.3) is 10.8 Å². The van der Waals surface area contributed by atoms with E-state index in [-0.39, 0.29) is 11.9 Å². The predicted molar refractivity (Wildman–Crippen MR) is 114 cm³/mol. The van der Waals surface area contributed by atoms with Gasteiger partial charge in [0.2, 0.25) is 0 Å². The second-order valence-corrected chi connectivity index (χ2v) is 7.45. The van der Waals surface area contributed by atoms with Gasteiger partial charge < -0.3 is 15.1 Å². The van der Waals surface area contributed by atoms with Crippen LogP contribution in [0.5, 0.6) is 0 Å². The number of hydrogen-bond donors (Lipinski definition) is 1. The van der Waals surface area contributed by atoms with Crippen LogP contribution >= 0.6 is 0 Å². The van der Waals surface area contributed by atoms with Crippen molar-refractivity contribution in [2.45, 2.75) is 13.0 Å². The van der Waals surface area contributed by atoms with Crippen molar-refractivity contribution in [1.29, 1.82) is 0 Å². The molecule has 1 N–H and O–H groups in total. The maximum absolute atomic E-state index is 12.9. The summed E-state index contributed by atoms with van der Waals surface area (Å²) in [6.07, 6.45) is 1.73. The maximum atomic E-state index is 12.9. The van der Waals surface area contributed by atoms with Gasteiger partial charge in [0.25, 0.3) is 5.91 Å². The monoisotopic (exact) mass is 374 g/mol. The molecule has 1 atom stereocenters. The van der Waals surface area contributed by atoms with E-state index in [1.807, 2.05) is 37.3 Å². The zero-order chi connectivity index (χ0) is 19.5. The van der Waals surface area contributed by atoms with Crippen LogP contribution in [0.3, 0.4) is 0 Å². The van der Waals surface area contributed by atoms with Gasteiger partial charge in [-0.1, -0.05) is 42.5 Å². The number of fused-ring (bicyclic) bond motifs is 1. The normalized spacial score (nSPS) is 16.1. The van der Waals surface area contributed by atoms with E-state index in [0.717, 1.165) is 42.8 Å². The molecule has 0 unspecified atom stereocenters. The van der Waals surface area contributed by atoms with E-state index in [1.54, 1.807) is 6.20 Å². The molecule has 28 heavy (non-hydrogen) atoms. The summed E-state index contributed by atoms with van der Waals surface area (Å²) in [5.41, 5.74) is 2.64. The Morgan fingerprint density at radius 1 is 1.04 bits per heavy atom. The highest BCUT2D eigenvalue weighted by atomic mass is 16.1. The van der Waals surface area contributed by atoms with Gasteiger partial charge in [-0.15, -0.1) is 0 Å². The number of nitrogens with one attached hydrogen (secondary N) is 1. The molecule has 2 heterocycles. The highest BCUT2D eigenvalue weighted by molar-refractivity contribution is 5.94. The number of carbonyl (C=O) groups is 1. The molecule has 1 saturated heterocycles. The third-order valence-electron chi connectivity index (χ3n) is 5.48. The molecule has 5 nitrogen and oxygen atoms in total. The fourth-order valence-corrected chi connectivity index (χ4v) is 3.78. The molecule has 3 aromatic rings. The number of rotatable bonds is 4. The summed E-state index contributed by atoms with van der Waals surface area (Å²) in [7, 11) is 2.14. The molecule has 0 saturated carbocycles. The van der Waals surface area contributed by atoms with Crippen molar-refractivity contribution in [2.75, 3.05) is 38.1 Å². The Kier molecular flexibility index (Phi) is 5.26. The van der Waals surface area contributed by atoms with Crippen LogP contribution < -0.4 is 10.2 Å². The highest BCUT2D eigenvalue weighted by Gasteiger charge is 2.18. The lowest BCUT2D eigenvalue weighted by Crippen LogP contribution is -2.44. The van der Waals surface area contributed by atoms with Gasteiger partial charge in [-0.05, 0) is 42.4 Å². The summed E-state index contributed by atoms with van der Waals surface area (Å²) in [5.74, 6) is -0.142. The number of likely N-dealkylation sites (N-methyl/N-ethyl adjacent to an activating group) is 1. The average molecular weight is 374 g/mol. The Morgan fingerprint density at radius 2 is 1.79 bits per heavy atom. The summed E-state index contributed by atoms with van der Waals surface area (Å²) < 4.78 is 0. The van der Waals surface area contributed by atoms with Gasteiger partial charge in [-0.2, -0.15) is 0 Å². The van der Waals surface area contributed by atoms with Crippen molar-refractivity contribution in [2.24, 2.45) is 0 Å². The summed E-state index contributed by atoms with van der Waals surface area (Å²) >= 11 is 0. The van der Waals surface area contributed by atoms with Crippen LogP contribution in [0.4, 0.5) is 5.69 Å². The van der Waals surface area contributed by atoms with Crippen molar-refractivity contribution in [3.63, 3.8) is 0 Å². The first-order chi connectivity index (χ1) is 13.6. The number of pyridine rings is 1. The second kappa shape index (κ2) is 7.98. The molecule has 0 aliphatic carbocycles. The molecule has 2 aromatic carbocycles. The van der Waals surface area contributed by atoms with Crippen molar-refractivity contribution in [3.8, 4) is 0 Å². The van der Waals surface area contributed by atoms with Crippen molar-refractivity contribution >= 4 is 22.4 Å². The average Bonchev–Trinajstić information content (AvgIpc) is 2.74. The molecule has 1 amide bonds. The number of nitrogens with zero attached hydrogens (tertiary/aromatic N) is 3. The van der Waals surface area contributed by atoms with Crippen LogP contribution in [0, 0.1) is 0 Å². The Bertz CT molecular complexity index is 974. The zero-order valence-corrected chi connectivity index (χ0v) is 16.4. The Balaban J connectivity index is 1.51. The van der Waals surface area contributed by atoms with Crippen LogP contribution in [-0.4, -0.2) is 49.0 Å². The number of anilines is 1. The predicted octanol–water partition coefficient (Wildman–Crippen LogP) is 3.48. The topological polar surface area (TPSA) is 48.5 Å². The smallest absolute Gasteiger partial charge is 0.270 e. The van der Waals surface area contributed by atoms with E-state index in [9.17, 15) is 4.79 Å². The van der Waals surface area contributed by atoms with Gasteiger partial charge in [0.05, 0.1) is 6.04 Å². The van der Waals surface area contributed by atoms with Gasteiger partial charge in [-0.25, -0.2) is 0 Å². The summed E-state index contributed by atoms with van der Waals surface area (Å²) in [6.45, 7) is 6.01. The third kappa shape index (κ3) is 3.85. The van der Waals surface area contributed by atoms with Gasteiger partial charge in [0.1, 0.15) is 5.69 Å². The minimum atomic E-state index is -0.142. The molecule has 0 spiro atoms. The standard InChI is InChI=1S/C23H26N4O/c1-17(20-9-5-7-18-6-3-4-8-21(18)20)25-23(28)22-16-19(10-11-24-22)27-14-12-26(2)13-15-27/h3-11,16-17H,12-15H2,1-2H3,(H,25,28)/t17-/m1/s1. The molecule has 144 valence electrons. The number of piperazine rings is 1. The quantitative estimate of drug-likeness (QED) is 0.760. The minimum Gasteiger partial charge on any atom is -0.369 e. The Hall–Kier alpha value is -2.92. The molecule has 1 aliphatic heterocycles. The number of hydrogen-bond acceptors (Lipinski definition) is 4. The van der Waals surface area contributed by atoms with Crippen molar-refractivity contribution in [1.82, 2.24) is 15.2 Å². The van der Waals surface area contributed by atoms with E-state index in [0.29, 0.717) is 5.69 Å². The van der Waals surface area contributed by atoms with E-state index in [2.05, 4.69) is 51.4 Å². The molecule has 0 bridgehead atoms. The lowest BCUT2D eigenvalue weighted by atomic mass is 9.99. The first kappa shape index (κ1) is 18.4. The molecule has 4 rings (SSSR count). The first-order valence-corrected chi connectivity index (χ1v) is 9.80. The van der Waals surface area contributed by atoms with Gasteiger partial charge in [-0.3, -0.25) is 9.78 Å². The molecular weight excluding hydrogens is 348 g/mol. The third-order valence-corrected chi connectivity index (χ3v) is 5.48. The van der Waals surface area contributed by atoms with E-state index >= 15 is 0 Å². The van der Waals surface area contributed by atoms with E-state index in [1.165, 1.54) is 5.39 Å². The number of benzene rings is 2.